The minimum atomic E-state index is -1.09. The molecule has 3 aromatic rings. The maximum atomic E-state index is 13.9. The molecule has 9 nitrogen and oxygen atoms in total. The van der Waals surface area contributed by atoms with E-state index in [0.717, 1.165) is 16.0 Å². The number of carbonyl (C=O) groups excluding carboxylic acids is 3. The summed E-state index contributed by atoms with van der Waals surface area (Å²) in [5.41, 5.74) is 2.21. The maximum absolute atomic E-state index is 13.9. The number of nitrogens with zero attached hydrogens (tertiary/aromatic N) is 4. The standard InChI is InChI=1S/C27H19FN4O5/c1-14-12-18(32(36)37)10-11-20(14)30-26(34)21-22(27(30)35)24(25(33)15-6-8-17(28)9-7-15)31-23(21)19-5-3-2-4-16(19)13-29-31/h2-13,21-24H,1H3/t21-,22+,23?,24-/m1/s1. The predicted molar refractivity (Wildman–Crippen MR) is 130 cm³/mol. The average molecular weight is 498 g/mol. The minimum absolute atomic E-state index is 0.161. The van der Waals surface area contributed by atoms with Gasteiger partial charge in [0.2, 0.25) is 11.8 Å². The molecule has 1 unspecified atom stereocenters. The van der Waals surface area contributed by atoms with Crippen LogP contribution in [0.2, 0.25) is 0 Å². The number of anilines is 1. The van der Waals surface area contributed by atoms with E-state index in [1.165, 1.54) is 47.5 Å². The second-order valence-corrected chi connectivity index (χ2v) is 9.31. The fourth-order valence-electron chi connectivity index (χ4n) is 5.69. The van der Waals surface area contributed by atoms with Crippen LogP contribution in [0.25, 0.3) is 0 Å². The number of hydrogen-bond acceptors (Lipinski definition) is 7. The number of Topliss-reactive ketones (excluding diaryl/α,β-unsaturated/α-hetero) is 1. The summed E-state index contributed by atoms with van der Waals surface area (Å²) < 4.78 is 13.6. The first-order valence-corrected chi connectivity index (χ1v) is 11.6. The molecule has 0 aliphatic carbocycles. The van der Waals surface area contributed by atoms with Gasteiger partial charge in [-0.1, -0.05) is 24.3 Å². The number of rotatable bonds is 4. The molecular weight excluding hydrogens is 479 g/mol. The summed E-state index contributed by atoms with van der Waals surface area (Å²) in [5.74, 6) is -3.98. The van der Waals surface area contributed by atoms with Gasteiger partial charge in [-0.25, -0.2) is 9.29 Å². The largest absolute Gasteiger partial charge is 0.292 e. The van der Waals surface area contributed by atoms with Crippen molar-refractivity contribution >= 4 is 35.2 Å². The Hall–Kier alpha value is -4.73. The quantitative estimate of drug-likeness (QED) is 0.234. The fourth-order valence-corrected chi connectivity index (χ4v) is 5.69. The number of ketones is 1. The Labute approximate surface area is 210 Å². The number of imide groups is 1. The number of nitro benzene ring substituents is 1. The van der Waals surface area contributed by atoms with Gasteiger partial charge in [0.05, 0.1) is 34.7 Å². The van der Waals surface area contributed by atoms with Crippen LogP contribution in [-0.2, 0) is 9.59 Å². The first kappa shape index (κ1) is 22.7. The molecule has 0 N–H and O–H groups in total. The van der Waals surface area contributed by atoms with Crippen molar-refractivity contribution < 1.29 is 23.7 Å². The van der Waals surface area contributed by atoms with Crippen molar-refractivity contribution in [1.29, 1.82) is 0 Å². The fraction of sp³-hybridized carbons (Fsp3) is 0.185. The van der Waals surface area contributed by atoms with Crippen molar-refractivity contribution in [2.45, 2.75) is 19.0 Å². The molecule has 6 rings (SSSR count). The zero-order chi connectivity index (χ0) is 26.0. The van der Waals surface area contributed by atoms with Crippen molar-refractivity contribution in [1.82, 2.24) is 5.01 Å². The Bertz CT molecular complexity index is 1540. The monoisotopic (exact) mass is 498 g/mol. The molecule has 2 fully saturated rings. The molecule has 3 aliphatic heterocycles. The van der Waals surface area contributed by atoms with Crippen molar-refractivity contribution in [2.75, 3.05) is 4.90 Å². The molecule has 3 heterocycles. The summed E-state index contributed by atoms with van der Waals surface area (Å²) in [5, 5.41) is 17.2. The van der Waals surface area contributed by atoms with E-state index in [1.54, 1.807) is 13.1 Å². The highest BCUT2D eigenvalue weighted by molar-refractivity contribution is 6.25. The van der Waals surface area contributed by atoms with Gasteiger partial charge in [0.25, 0.3) is 5.69 Å². The second kappa shape index (κ2) is 8.16. The molecule has 4 atom stereocenters. The molecule has 10 heteroatoms. The third-order valence-corrected chi connectivity index (χ3v) is 7.32. The number of non-ortho nitro benzene ring substituents is 1. The van der Waals surface area contributed by atoms with E-state index >= 15 is 0 Å². The predicted octanol–water partition coefficient (Wildman–Crippen LogP) is 3.80. The molecule has 0 saturated carbocycles. The van der Waals surface area contributed by atoms with Crippen LogP contribution in [0.15, 0.2) is 71.8 Å². The van der Waals surface area contributed by atoms with E-state index in [4.69, 9.17) is 0 Å². The molecule has 184 valence electrons. The van der Waals surface area contributed by atoms with Gasteiger partial charge in [0.15, 0.2) is 5.78 Å². The third kappa shape index (κ3) is 3.29. The van der Waals surface area contributed by atoms with E-state index in [0.29, 0.717) is 5.56 Å². The van der Waals surface area contributed by atoms with Gasteiger partial charge in [-0.3, -0.25) is 29.5 Å². The molecule has 37 heavy (non-hydrogen) atoms. The number of carbonyl (C=O) groups is 3. The summed E-state index contributed by atoms with van der Waals surface area (Å²) in [7, 11) is 0. The summed E-state index contributed by atoms with van der Waals surface area (Å²) in [6.45, 7) is 1.59. The number of hydrazone groups is 1. The van der Waals surface area contributed by atoms with Crippen molar-refractivity contribution in [3.63, 3.8) is 0 Å². The Morgan fingerprint density at radius 3 is 2.41 bits per heavy atom. The number of amides is 2. The van der Waals surface area contributed by atoms with Gasteiger partial charge in [0.1, 0.15) is 11.9 Å². The van der Waals surface area contributed by atoms with Crippen LogP contribution in [-0.4, -0.2) is 39.8 Å². The van der Waals surface area contributed by atoms with Crippen molar-refractivity contribution in [3.8, 4) is 0 Å². The van der Waals surface area contributed by atoms with Gasteiger partial charge in [-0.2, -0.15) is 5.10 Å². The van der Waals surface area contributed by atoms with Crippen molar-refractivity contribution in [2.24, 2.45) is 16.9 Å². The SMILES string of the molecule is Cc1cc([N+](=O)[O-])ccc1N1C(=O)[C@H]2[C@@H](C1=O)C1c3ccccc3C=NN1[C@H]2C(=O)c1ccc(F)cc1. The zero-order valence-corrected chi connectivity index (χ0v) is 19.4. The first-order valence-electron chi connectivity index (χ1n) is 11.6. The molecule has 2 amide bonds. The molecular formula is C27H19FN4O5. The summed E-state index contributed by atoms with van der Waals surface area (Å²) in [4.78, 5) is 53.3. The van der Waals surface area contributed by atoms with Crippen LogP contribution in [0, 0.1) is 34.7 Å². The van der Waals surface area contributed by atoms with Gasteiger partial charge in [-0.05, 0) is 53.9 Å². The summed E-state index contributed by atoms with van der Waals surface area (Å²) in [6, 6.07) is 14.5. The lowest BCUT2D eigenvalue weighted by molar-refractivity contribution is -0.384. The molecule has 3 aliphatic rings. The minimum Gasteiger partial charge on any atom is -0.292 e. The Balaban J connectivity index is 1.49. The lowest BCUT2D eigenvalue weighted by Crippen LogP contribution is -2.44. The van der Waals surface area contributed by atoms with E-state index in [-0.39, 0.29) is 16.9 Å². The van der Waals surface area contributed by atoms with Gasteiger partial charge in [0, 0.05) is 17.7 Å². The molecule has 0 radical (unpaired) electrons. The second-order valence-electron chi connectivity index (χ2n) is 9.31. The summed E-state index contributed by atoms with van der Waals surface area (Å²) >= 11 is 0. The molecule has 3 aromatic carbocycles. The highest BCUT2D eigenvalue weighted by Crippen LogP contribution is 2.53. The van der Waals surface area contributed by atoms with Crippen molar-refractivity contribution in [3.05, 3.63) is 105 Å². The van der Waals surface area contributed by atoms with Gasteiger partial charge >= 0.3 is 0 Å². The molecule has 2 saturated heterocycles. The zero-order valence-electron chi connectivity index (χ0n) is 19.4. The first-order chi connectivity index (χ1) is 17.8. The Kier molecular flexibility index (Phi) is 5.01. The molecule has 0 spiro atoms. The van der Waals surface area contributed by atoms with Gasteiger partial charge < -0.3 is 0 Å². The topological polar surface area (TPSA) is 113 Å². The maximum Gasteiger partial charge on any atom is 0.269 e. The van der Waals surface area contributed by atoms with Crippen LogP contribution < -0.4 is 4.90 Å². The summed E-state index contributed by atoms with van der Waals surface area (Å²) in [6.07, 6.45) is 1.60. The number of nitro groups is 1. The van der Waals surface area contributed by atoms with Crippen LogP contribution >= 0.6 is 0 Å². The van der Waals surface area contributed by atoms with Crippen LogP contribution in [0.3, 0.4) is 0 Å². The number of halogens is 1. The van der Waals surface area contributed by atoms with Crippen LogP contribution in [0.5, 0.6) is 0 Å². The lowest BCUT2D eigenvalue weighted by atomic mass is 9.83. The Morgan fingerprint density at radius 2 is 1.70 bits per heavy atom. The smallest absolute Gasteiger partial charge is 0.269 e. The highest BCUT2D eigenvalue weighted by atomic mass is 19.1. The number of fused-ring (bicyclic) bond motifs is 5. The lowest BCUT2D eigenvalue weighted by Gasteiger charge is -2.34. The third-order valence-electron chi connectivity index (χ3n) is 7.32. The van der Waals surface area contributed by atoms with E-state index in [2.05, 4.69) is 5.10 Å². The number of hydrogen-bond donors (Lipinski definition) is 0. The number of benzene rings is 3. The van der Waals surface area contributed by atoms with E-state index in [9.17, 15) is 28.9 Å². The average Bonchev–Trinajstić information content (AvgIpc) is 3.36. The number of aryl methyl sites for hydroxylation is 1. The highest BCUT2D eigenvalue weighted by Gasteiger charge is 2.65. The van der Waals surface area contributed by atoms with Crippen LogP contribution in [0.1, 0.15) is 33.1 Å². The van der Waals surface area contributed by atoms with Gasteiger partial charge in [-0.15, -0.1) is 0 Å². The van der Waals surface area contributed by atoms with E-state index < -0.39 is 52.3 Å². The Morgan fingerprint density at radius 1 is 1.00 bits per heavy atom. The normalized spacial score (nSPS) is 23.6. The molecule has 0 bridgehead atoms. The van der Waals surface area contributed by atoms with Crippen LogP contribution in [0.4, 0.5) is 15.8 Å². The molecule has 0 aromatic heterocycles. The van der Waals surface area contributed by atoms with E-state index in [1.807, 2.05) is 24.3 Å².